The Balaban J connectivity index is 2.14. The second-order valence-electron chi connectivity index (χ2n) is 7.90. The molecule has 0 saturated carbocycles. The van der Waals surface area contributed by atoms with E-state index in [1.165, 1.54) is 22.3 Å². The van der Waals surface area contributed by atoms with E-state index in [2.05, 4.69) is 107 Å². The van der Waals surface area contributed by atoms with Crippen molar-refractivity contribution in [1.82, 2.24) is 0 Å². The molecule has 0 N–H and O–H groups in total. The fourth-order valence-electron chi connectivity index (χ4n) is 3.62. The van der Waals surface area contributed by atoms with Crippen LogP contribution in [0.15, 0.2) is 78.9 Å². The Bertz CT molecular complexity index is 861. The first-order valence-corrected chi connectivity index (χ1v) is 9.17. The Hall–Kier alpha value is -2.54. The van der Waals surface area contributed by atoms with E-state index in [1.807, 2.05) is 0 Å². The molecule has 1 heteroatoms. The molecule has 0 radical (unpaired) electrons. The molecule has 0 aliphatic carbocycles. The van der Waals surface area contributed by atoms with Gasteiger partial charge in [0.15, 0.2) is 0 Å². The van der Waals surface area contributed by atoms with Gasteiger partial charge in [-0.15, -0.1) is 0 Å². The van der Waals surface area contributed by atoms with Crippen LogP contribution in [0, 0.1) is 0 Å². The zero-order chi connectivity index (χ0) is 18.8. The molecule has 134 valence electrons. The summed E-state index contributed by atoms with van der Waals surface area (Å²) in [6.45, 7) is 9.09. The molecule has 0 aliphatic rings. The van der Waals surface area contributed by atoms with E-state index in [0.717, 1.165) is 5.75 Å². The van der Waals surface area contributed by atoms with Gasteiger partial charge < -0.3 is 4.74 Å². The van der Waals surface area contributed by atoms with Crippen LogP contribution in [0.25, 0.3) is 0 Å². The van der Waals surface area contributed by atoms with Crippen LogP contribution in [0.5, 0.6) is 5.75 Å². The van der Waals surface area contributed by atoms with Gasteiger partial charge in [0.05, 0.1) is 7.11 Å². The topological polar surface area (TPSA) is 9.23 Å². The molecule has 0 saturated heterocycles. The quantitative estimate of drug-likeness (QED) is 0.524. The minimum atomic E-state index is -0.143. The van der Waals surface area contributed by atoms with E-state index >= 15 is 0 Å². The van der Waals surface area contributed by atoms with Gasteiger partial charge in [0.25, 0.3) is 0 Å². The lowest BCUT2D eigenvalue weighted by Gasteiger charge is -2.32. The fraction of sp³-hybridized carbons (Fsp3) is 0.280. The second kappa shape index (κ2) is 6.99. The van der Waals surface area contributed by atoms with Crippen LogP contribution >= 0.6 is 0 Å². The molecular formula is C25H28O. The molecular weight excluding hydrogens is 316 g/mol. The average molecular weight is 344 g/mol. The summed E-state index contributed by atoms with van der Waals surface area (Å²) >= 11 is 0. The predicted molar refractivity (Wildman–Crippen MR) is 110 cm³/mol. The Morgan fingerprint density at radius 2 is 1.08 bits per heavy atom. The summed E-state index contributed by atoms with van der Waals surface area (Å²) in [5, 5.41) is 0. The number of ether oxygens (including phenoxy) is 1. The van der Waals surface area contributed by atoms with Crippen LogP contribution in [-0.2, 0) is 10.8 Å². The lowest BCUT2D eigenvalue weighted by Crippen LogP contribution is -2.23. The molecule has 0 fully saturated rings. The molecule has 0 spiro atoms. The van der Waals surface area contributed by atoms with E-state index in [-0.39, 0.29) is 10.8 Å². The van der Waals surface area contributed by atoms with Crippen molar-refractivity contribution in [1.29, 1.82) is 0 Å². The van der Waals surface area contributed by atoms with Crippen LogP contribution in [0.4, 0.5) is 0 Å². The SMILES string of the molecule is COc1ccc(C(C)(C)c2ccccc2)cc1C(C)(C)c1ccccc1. The molecule has 1 nitrogen and oxygen atoms in total. The summed E-state index contributed by atoms with van der Waals surface area (Å²) in [6, 6.07) is 27.9. The number of benzene rings is 3. The highest BCUT2D eigenvalue weighted by atomic mass is 16.5. The zero-order valence-corrected chi connectivity index (χ0v) is 16.4. The van der Waals surface area contributed by atoms with E-state index < -0.39 is 0 Å². The van der Waals surface area contributed by atoms with Gasteiger partial charge in [-0.2, -0.15) is 0 Å². The molecule has 0 unspecified atom stereocenters. The van der Waals surface area contributed by atoms with Gasteiger partial charge in [-0.05, 0) is 22.8 Å². The van der Waals surface area contributed by atoms with Crippen molar-refractivity contribution in [3.63, 3.8) is 0 Å². The molecule has 3 aromatic carbocycles. The molecule has 0 aromatic heterocycles. The van der Waals surface area contributed by atoms with Gasteiger partial charge in [-0.25, -0.2) is 0 Å². The molecule has 0 bridgehead atoms. The van der Waals surface area contributed by atoms with E-state index in [0.29, 0.717) is 0 Å². The minimum absolute atomic E-state index is 0.0744. The van der Waals surface area contributed by atoms with Crippen molar-refractivity contribution < 1.29 is 4.74 Å². The maximum absolute atomic E-state index is 5.73. The Labute approximate surface area is 157 Å². The van der Waals surface area contributed by atoms with Crippen molar-refractivity contribution in [2.45, 2.75) is 38.5 Å². The number of hydrogen-bond acceptors (Lipinski definition) is 1. The molecule has 0 amide bonds. The van der Waals surface area contributed by atoms with Crippen molar-refractivity contribution in [2.24, 2.45) is 0 Å². The summed E-state index contributed by atoms with van der Waals surface area (Å²) < 4.78 is 5.73. The smallest absolute Gasteiger partial charge is 0.122 e. The maximum atomic E-state index is 5.73. The van der Waals surface area contributed by atoms with Crippen molar-refractivity contribution >= 4 is 0 Å². The van der Waals surface area contributed by atoms with Gasteiger partial charge in [0.1, 0.15) is 5.75 Å². The highest BCUT2D eigenvalue weighted by molar-refractivity contribution is 5.50. The van der Waals surface area contributed by atoms with E-state index in [1.54, 1.807) is 7.11 Å². The molecule has 0 heterocycles. The lowest BCUT2D eigenvalue weighted by molar-refractivity contribution is 0.400. The molecule has 3 aromatic rings. The van der Waals surface area contributed by atoms with E-state index in [4.69, 9.17) is 4.74 Å². The minimum Gasteiger partial charge on any atom is -0.496 e. The lowest BCUT2D eigenvalue weighted by atomic mass is 9.73. The maximum Gasteiger partial charge on any atom is 0.122 e. The first kappa shape index (κ1) is 18.3. The molecule has 0 atom stereocenters. The third-order valence-electron chi connectivity index (χ3n) is 5.59. The average Bonchev–Trinajstić information content (AvgIpc) is 2.68. The number of hydrogen-bond donors (Lipinski definition) is 0. The predicted octanol–water partition coefficient (Wildman–Crippen LogP) is 6.35. The van der Waals surface area contributed by atoms with E-state index in [9.17, 15) is 0 Å². The Morgan fingerprint density at radius 3 is 1.58 bits per heavy atom. The summed E-state index contributed by atoms with van der Waals surface area (Å²) in [7, 11) is 1.75. The Kier molecular flexibility index (Phi) is 4.91. The van der Waals surface area contributed by atoms with Crippen molar-refractivity contribution in [2.75, 3.05) is 7.11 Å². The van der Waals surface area contributed by atoms with Gasteiger partial charge in [-0.3, -0.25) is 0 Å². The standard InChI is InChI=1S/C25H28O/c1-24(2,19-12-8-6-9-13-19)21-16-17-23(26-5)22(18-21)25(3,4)20-14-10-7-11-15-20/h6-18H,1-5H3. The fourth-order valence-corrected chi connectivity index (χ4v) is 3.62. The van der Waals surface area contributed by atoms with Gasteiger partial charge in [-0.1, -0.05) is 100 Å². The third-order valence-corrected chi connectivity index (χ3v) is 5.59. The molecule has 0 aliphatic heterocycles. The monoisotopic (exact) mass is 344 g/mol. The van der Waals surface area contributed by atoms with Gasteiger partial charge in [0.2, 0.25) is 0 Å². The third kappa shape index (κ3) is 3.26. The van der Waals surface area contributed by atoms with Gasteiger partial charge >= 0.3 is 0 Å². The zero-order valence-electron chi connectivity index (χ0n) is 16.4. The number of methoxy groups -OCH3 is 1. The molecule has 3 rings (SSSR count). The summed E-state index contributed by atoms with van der Waals surface area (Å²) in [4.78, 5) is 0. The summed E-state index contributed by atoms with van der Waals surface area (Å²) in [5.41, 5.74) is 4.89. The number of rotatable bonds is 5. The van der Waals surface area contributed by atoms with Crippen LogP contribution < -0.4 is 4.74 Å². The first-order chi connectivity index (χ1) is 12.4. The second-order valence-corrected chi connectivity index (χ2v) is 7.90. The van der Waals surface area contributed by atoms with Gasteiger partial charge in [0, 0.05) is 16.4 Å². The van der Waals surface area contributed by atoms with Crippen LogP contribution in [0.1, 0.15) is 49.9 Å². The first-order valence-electron chi connectivity index (χ1n) is 9.17. The van der Waals surface area contributed by atoms with Crippen LogP contribution in [0.3, 0.4) is 0 Å². The van der Waals surface area contributed by atoms with Crippen LogP contribution in [0.2, 0.25) is 0 Å². The summed E-state index contributed by atoms with van der Waals surface area (Å²) in [6.07, 6.45) is 0. The Morgan fingerprint density at radius 1 is 0.577 bits per heavy atom. The van der Waals surface area contributed by atoms with Crippen LogP contribution in [-0.4, -0.2) is 7.11 Å². The summed E-state index contributed by atoms with van der Waals surface area (Å²) in [5.74, 6) is 0.937. The normalized spacial score (nSPS) is 12.0. The van der Waals surface area contributed by atoms with Crippen molar-refractivity contribution in [3.05, 3.63) is 101 Å². The van der Waals surface area contributed by atoms with Crippen molar-refractivity contribution in [3.8, 4) is 5.75 Å². The largest absolute Gasteiger partial charge is 0.496 e. The highest BCUT2D eigenvalue weighted by Crippen LogP contribution is 2.41. The molecule has 26 heavy (non-hydrogen) atoms. The highest BCUT2D eigenvalue weighted by Gasteiger charge is 2.30.